The van der Waals surface area contributed by atoms with Crippen LogP contribution in [0.1, 0.15) is 31.2 Å². The third-order valence-corrected chi connectivity index (χ3v) is 7.55. The number of halogens is 2. The first kappa shape index (κ1) is 26.8. The third kappa shape index (κ3) is 5.96. The number of anilines is 1. The average molecular weight is 628 g/mol. The standard InChI is InChI=1S/C27H20BrClN4O5S/c28-19-9-22(32(26(36)10-19)13-23(35)18-7-8-38-15-18)21-11-25(30-12-20-5-6-24(29)39-20)33(31-21)27(37)17-3-1-16(14-34)2-4-17/h1-11,15,30,34H,12-14H2. The summed E-state index contributed by atoms with van der Waals surface area (Å²) in [4.78, 5) is 40.3. The molecule has 0 radical (unpaired) electrons. The van der Waals surface area contributed by atoms with Crippen LogP contribution >= 0.6 is 38.9 Å². The Bertz CT molecular complexity index is 1710. The van der Waals surface area contributed by atoms with Crippen molar-refractivity contribution in [3.8, 4) is 11.4 Å². The Labute approximate surface area is 239 Å². The highest BCUT2D eigenvalue weighted by molar-refractivity contribution is 9.10. The SMILES string of the molecule is O=C(Cn1c(-c2cc(NCc3ccc(Cl)s3)n(C(=O)c3ccc(CO)cc3)n2)cc(Br)cc1=O)c1ccoc1. The average Bonchev–Trinajstić information content (AvgIpc) is 3.70. The molecule has 0 fully saturated rings. The summed E-state index contributed by atoms with van der Waals surface area (Å²) in [6, 6.07) is 16.4. The summed E-state index contributed by atoms with van der Waals surface area (Å²) in [5, 5.41) is 17.1. The predicted octanol–water partition coefficient (Wildman–Crippen LogP) is 5.46. The molecule has 0 atom stereocenters. The fourth-order valence-electron chi connectivity index (χ4n) is 3.88. The van der Waals surface area contributed by atoms with Gasteiger partial charge >= 0.3 is 0 Å². The van der Waals surface area contributed by atoms with Gasteiger partial charge in [0.05, 0.1) is 41.6 Å². The van der Waals surface area contributed by atoms with Crippen molar-refractivity contribution in [1.82, 2.24) is 14.3 Å². The fraction of sp³-hybridized carbons (Fsp3) is 0.111. The zero-order chi connectivity index (χ0) is 27.5. The van der Waals surface area contributed by atoms with Crippen LogP contribution in [0.25, 0.3) is 11.4 Å². The fourth-order valence-corrected chi connectivity index (χ4v) is 5.32. The van der Waals surface area contributed by atoms with Crippen LogP contribution < -0.4 is 10.9 Å². The lowest BCUT2D eigenvalue weighted by Gasteiger charge is -2.10. The lowest BCUT2D eigenvalue weighted by molar-refractivity contribution is 0.0944. The molecule has 0 bridgehead atoms. The number of carbonyl (C=O) groups excluding carboxylic acids is 2. The molecule has 0 saturated heterocycles. The largest absolute Gasteiger partial charge is 0.472 e. The maximum absolute atomic E-state index is 13.5. The van der Waals surface area contributed by atoms with Crippen molar-refractivity contribution in [3.63, 3.8) is 0 Å². The second kappa shape index (κ2) is 11.5. The number of aliphatic hydroxyl groups excluding tert-OH is 1. The van der Waals surface area contributed by atoms with Gasteiger partial charge in [0.25, 0.3) is 11.5 Å². The number of hydrogen-bond donors (Lipinski definition) is 2. The molecule has 4 aromatic heterocycles. The summed E-state index contributed by atoms with van der Waals surface area (Å²) in [6.45, 7) is -0.0150. The second-order valence-electron chi connectivity index (χ2n) is 8.46. The van der Waals surface area contributed by atoms with Gasteiger partial charge in [-0.15, -0.1) is 11.3 Å². The van der Waals surface area contributed by atoms with Gasteiger partial charge < -0.3 is 14.8 Å². The minimum atomic E-state index is -0.421. The van der Waals surface area contributed by atoms with Gasteiger partial charge in [0.15, 0.2) is 5.78 Å². The molecule has 39 heavy (non-hydrogen) atoms. The Balaban J connectivity index is 1.56. The number of furan rings is 1. The van der Waals surface area contributed by atoms with Crippen LogP contribution in [0.4, 0.5) is 5.82 Å². The normalized spacial score (nSPS) is 11.1. The quantitative estimate of drug-likeness (QED) is 0.208. The number of nitrogens with zero attached hydrogens (tertiary/aromatic N) is 3. The summed E-state index contributed by atoms with van der Waals surface area (Å²) in [5.41, 5.74) is 1.59. The predicted molar refractivity (Wildman–Crippen MR) is 151 cm³/mol. The Morgan fingerprint density at radius 3 is 2.54 bits per heavy atom. The number of aliphatic hydroxyl groups is 1. The molecular formula is C27H20BrClN4O5S. The van der Waals surface area contributed by atoms with Crippen LogP contribution in [0.2, 0.25) is 4.34 Å². The van der Waals surface area contributed by atoms with E-state index in [0.29, 0.717) is 49.2 Å². The number of carbonyl (C=O) groups is 2. The van der Waals surface area contributed by atoms with Crippen LogP contribution in [-0.4, -0.2) is 31.1 Å². The van der Waals surface area contributed by atoms with Gasteiger partial charge in [-0.2, -0.15) is 9.78 Å². The van der Waals surface area contributed by atoms with Crippen molar-refractivity contribution < 1.29 is 19.1 Å². The van der Waals surface area contributed by atoms with E-state index in [1.54, 1.807) is 42.5 Å². The minimum Gasteiger partial charge on any atom is -0.472 e. The van der Waals surface area contributed by atoms with Crippen molar-refractivity contribution in [1.29, 1.82) is 0 Å². The molecule has 2 N–H and O–H groups in total. The van der Waals surface area contributed by atoms with Crippen molar-refractivity contribution >= 4 is 56.4 Å². The molecular weight excluding hydrogens is 608 g/mol. The first-order valence-electron chi connectivity index (χ1n) is 11.6. The summed E-state index contributed by atoms with van der Waals surface area (Å²) in [7, 11) is 0. The van der Waals surface area contributed by atoms with Gasteiger partial charge in [-0.25, -0.2) is 0 Å². The molecule has 0 saturated carbocycles. The maximum Gasteiger partial charge on any atom is 0.280 e. The highest BCUT2D eigenvalue weighted by Gasteiger charge is 2.21. The number of aromatic nitrogens is 3. The monoisotopic (exact) mass is 626 g/mol. The first-order valence-corrected chi connectivity index (χ1v) is 13.6. The number of rotatable bonds is 9. The van der Waals surface area contributed by atoms with Gasteiger partial charge in [0.1, 0.15) is 17.8 Å². The van der Waals surface area contributed by atoms with Gasteiger partial charge in [-0.05, 0) is 42.0 Å². The van der Waals surface area contributed by atoms with Gasteiger partial charge in [0.2, 0.25) is 0 Å². The Kier molecular flexibility index (Phi) is 7.94. The number of nitrogens with one attached hydrogen (secondary N) is 1. The van der Waals surface area contributed by atoms with Crippen LogP contribution in [-0.2, 0) is 19.7 Å². The highest BCUT2D eigenvalue weighted by atomic mass is 79.9. The van der Waals surface area contributed by atoms with E-state index in [0.717, 1.165) is 4.88 Å². The van der Waals surface area contributed by atoms with Crippen LogP contribution in [0.15, 0.2) is 86.9 Å². The zero-order valence-electron chi connectivity index (χ0n) is 20.1. The van der Waals surface area contributed by atoms with E-state index in [1.165, 1.54) is 45.2 Å². The van der Waals surface area contributed by atoms with Crippen molar-refractivity contribution in [2.24, 2.45) is 0 Å². The van der Waals surface area contributed by atoms with Crippen molar-refractivity contribution in [2.45, 2.75) is 19.7 Å². The molecule has 4 heterocycles. The number of benzene rings is 1. The molecule has 0 aliphatic rings. The van der Waals surface area contributed by atoms with E-state index in [4.69, 9.17) is 16.0 Å². The second-order valence-corrected chi connectivity index (χ2v) is 11.2. The third-order valence-electron chi connectivity index (χ3n) is 5.86. The van der Waals surface area contributed by atoms with Crippen molar-refractivity contribution in [3.05, 3.63) is 114 Å². The highest BCUT2D eigenvalue weighted by Crippen LogP contribution is 2.27. The number of ketones is 1. The van der Waals surface area contributed by atoms with E-state index in [2.05, 4.69) is 26.3 Å². The Hall–Kier alpha value is -3.77. The van der Waals surface area contributed by atoms with Crippen LogP contribution in [0.3, 0.4) is 0 Å². The number of thiophene rings is 1. The molecule has 0 unspecified atom stereocenters. The lowest BCUT2D eigenvalue weighted by atomic mass is 10.1. The van der Waals surface area contributed by atoms with Crippen LogP contribution in [0.5, 0.6) is 0 Å². The van der Waals surface area contributed by atoms with Gasteiger partial charge in [-0.1, -0.05) is 39.7 Å². The van der Waals surface area contributed by atoms with Gasteiger partial charge in [-0.3, -0.25) is 19.0 Å². The van der Waals surface area contributed by atoms with E-state index >= 15 is 0 Å². The van der Waals surface area contributed by atoms with Crippen molar-refractivity contribution in [2.75, 3.05) is 5.32 Å². The molecule has 0 aliphatic carbocycles. The molecule has 0 spiro atoms. The minimum absolute atomic E-state index is 0.144. The lowest BCUT2D eigenvalue weighted by Crippen LogP contribution is -2.25. The molecule has 9 nitrogen and oxygen atoms in total. The Morgan fingerprint density at radius 2 is 1.87 bits per heavy atom. The van der Waals surface area contributed by atoms with E-state index in [1.807, 2.05) is 6.07 Å². The summed E-state index contributed by atoms with van der Waals surface area (Å²) < 4.78 is 8.66. The number of hydrogen-bond acceptors (Lipinski definition) is 8. The molecule has 198 valence electrons. The summed E-state index contributed by atoms with van der Waals surface area (Å²) in [5.74, 6) is -0.358. The molecule has 5 aromatic rings. The number of pyridine rings is 1. The van der Waals surface area contributed by atoms with Crippen LogP contribution in [0, 0.1) is 0 Å². The Morgan fingerprint density at radius 1 is 1.08 bits per heavy atom. The zero-order valence-corrected chi connectivity index (χ0v) is 23.3. The van der Waals surface area contributed by atoms with E-state index < -0.39 is 11.5 Å². The van der Waals surface area contributed by atoms with E-state index in [-0.39, 0.29) is 18.9 Å². The van der Waals surface area contributed by atoms with E-state index in [9.17, 15) is 19.5 Å². The first-order chi connectivity index (χ1) is 18.8. The molecule has 0 aliphatic heterocycles. The summed E-state index contributed by atoms with van der Waals surface area (Å²) in [6.07, 6.45) is 2.71. The topological polar surface area (TPSA) is 119 Å². The molecule has 1 aromatic carbocycles. The summed E-state index contributed by atoms with van der Waals surface area (Å²) >= 11 is 10.8. The molecule has 0 amide bonds. The maximum atomic E-state index is 13.5. The van der Waals surface area contributed by atoms with Gasteiger partial charge in [0, 0.05) is 27.0 Å². The molecule has 5 rings (SSSR count). The number of Topliss-reactive ketones (excluding diaryl/α,β-unsaturated/α-hetero) is 1. The smallest absolute Gasteiger partial charge is 0.280 e. The molecule has 12 heteroatoms.